The Morgan fingerprint density at radius 2 is 1.84 bits per heavy atom. The fourth-order valence-electron chi connectivity index (χ4n) is 3.02. The summed E-state index contributed by atoms with van der Waals surface area (Å²) in [7, 11) is 0. The summed E-state index contributed by atoms with van der Waals surface area (Å²) in [5.74, 6) is 0.842. The van der Waals surface area contributed by atoms with Gasteiger partial charge in [-0.25, -0.2) is 4.68 Å². The Morgan fingerprint density at radius 3 is 2.56 bits per heavy atom. The lowest BCUT2D eigenvalue weighted by atomic mass is 10.0. The van der Waals surface area contributed by atoms with E-state index in [0.717, 1.165) is 46.6 Å². The van der Waals surface area contributed by atoms with E-state index in [-0.39, 0.29) is 0 Å². The van der Waals surface area contributed by atoms with Crippen molar-refractivity contribution >= 4 is 21.7 Å². The molecule has 0 atom stereocenters. The molecule has 1 N–H and O–H groups in total. The van der Waals surface area contributed by atoms with Gasteiger partial charge in [0.2, 0.25) is 0 Å². The van der Waals surface area contributed by atoms with E-state index < -0.39 is 11.7 Å². The quantitative estimate of drug-likeness (QED) is 0.625. The molecule has 1 aromatic heterocycles. The van der Waals surface area contributed by atoms with Crippen LogP contribution in [0.5, 0.6) is 0 Å². The molecule has 0 amide bonds. The van der Waals surface area contributed by atoms with Gasteiger partial charge in [0.1, 0.15) is 5.82 Å². The molecule has 3 aromatic rings. The van der Waals surface area contributed by atoms with Crippen LogP contribution in [0.15, 0.2) is 53.0 Å². The molecular formula is C18H13BrF3N3. The predicted molar refractivity (Wildman–Crippen MR) is 93.9 cm³/mol. The molecule has 0 aliphatic carbocycles. The molecule has 0 saturated carbocycles. The number of fused-ring (bicyclic) bond motifs is 1. The smallest absolute Gasteiger partial charge is 0.369 e. The fourth-order valence-corrected chi connectivity index (χ4v) is 3.28. The molecule has 2 aromatic carbocycles. The predicted octanol–water partition coefficient (Wildman–Crippen LogP) is 5.29. The van der Waals surface area contributed by atoms with Crippen molar-refractivity contribution in [3.05, 3.63) is 64.1 Å². The van der Waals surface area contributed by atoms with Crippen LogP contribution in [-0.4, -0.2) is 16.3 Å². The third kappa shape index (κ3) is 2.93. The van der Waals surface area contributed by atoms with E-state index in [4.69, 9.17) is 0 Å². The zero-order chi connectivity index (χ0) is 17.6. The number of hydrogen-bond acceptors (Lipinski definition) is 2. The minimum Gasteiger partial charge on any atom is -0.369 e. The highest BCUT2D eigenvalue weighted by Gasteiger charge is 2.31. The number of rotatable bonds is 2. The molecule has 128 valence electrons. The van der Waals surface area contributed by atoms with Crippen molar-refractivity contribution in [3.63, 3.8) is 0 Å². The largest absolute Gasteiger partial charge is 0.416 e. The molecule has 1 aliphatic rings. The van der Waals surface area contributed by atoms with Gasteiger partial charge in [0.25, 0.3) is 0 Å². The van der Waals surface area contributed by atoms with Gasteiger partial charge in [0, 0.05) is 22.1 Å². The first-order valence-corrected chi connectivity index (χ1v) is 8.52. The Kier molecular flexibility index (Phi) is 3.83. The lowest BCUT2D eigenvalue weighted by Gasteiger charge is -2.08. The Bertz CT molecular complexity index is 930. The lowest BCUT2D eigenvalue weighted by molar-refractivity contribution is -0.137. The van der Waals surface area contributed by atoms with Gasteiger partial charge >= 0.3 is 6.18 Å². The third-order valence-electron chi connectivity index (χ3n) is 4.19. The van der Waals surface area contributed by atoms with Gasteiger partial charge < -0.3 is 5.32 Å². The zero-order valence-corrected chi connectivity index (χ0v) is 14.5. The molecule has 0 fully saturated rings. The van der Waals surface area contributed by atoms with E-state index in [1.54, 1.807) is 10.7 Å². The fraction of sp³-hybridized carbons (Fsp3) is 0.167. The first kappa shape index (κ1) is 16.2. The van der Waals surface area contributed by atoms with Gasteiger partial charge in [0.15, 0.2) is 0 Å². The molecule has 0 unspecified atom stereocenters. The van der Waals surface area contributed by atoms with Crippen molar-refractivity contribution < 1.29 is 13.2 Å². The van der Waals surface area contributed by atoms with Crippen molar-refractivity contribution in [2.45, 2.75) is 12.6 Å². The molecule has 3 nitrogen and oxygen atoms in total. The van der Waals surface area contributed by atoms with Crippen LogP contribution >= 0.6 is 15.9 Å². The second-order valence-corrected chi connectivity index (χ2v) is 6.74. The minimum atomic E-state index is -4.37. The maximum atomic E-state index is 13.0. The van der Waals surface area contributed by atoms with Gasteiger partial charge in [-0.2, -0.15) is 18.3 Å². The van der Waals surface area contributed by atoms with E-state index in [1.807, 2.05) is 24.3 Å². The number of alkyl halides is 3. The van der Waals surface area contributed by atoms with Crippen LogP contribution in [0.3, 0.4) is 0 Å². The lowest BCUT2D eigenvalue weighted by Crippen LogP contribution is -2.05. The number of hydrogen-bond donors (Lipinski definition) is 1. The maximum Gasteiger partial charge on any atom is 0.416 e. The van der Waals surface area contributed by atoms with Crippen molar-refractivity contribution in [3.8, 4) is 16.9 Å². The molecule has 7 heteroatoms. The summed E-state index contributed by atoms with van der Waals surface area (Å²) >= 11 is 3.40. The van der Waals surface area contributed by atoms with Crippen LogP contribution in [0.4, 0.5) is 19.0 Å². The summed E-state index contributed by atoms with van der Waals surface area (Å²) in [5.41, 5.74) is 2.21. The van der Waals surface area contributed by atoms with Crippen molar-refractivity contribution in [2.75, 3.05) is 11.9 Å². The van der Waals surface area contributed by atoms with Gasteiger partial charge in [0.05, 0.1) is 16.9 Å². The number of anilines is 1. The minimum absolute atomic E-state index is 0.477. The summed E-state index contributed by atoms with van der Waals surface area (Å²) < 4.78 is 41.8. The Balaban J connectivity index is 1.85. The second-order valence-electron chi connectivity index (χ2n) is 5.82. The van der Waals surface area contributed by atoms with Crippen LogP contribution < -0.4 is 5.32 Å². The summed E-state index contributed by atoms with van der Waals surface area (Å²) in [6.07, 6.45) is -3.64. The van der Waals surface area contributed by atoms with Crippen LogP contribution in [0.1, 0.15) is 11.1 Å². The highest BCUT2D eigenvalue weighted by molar-refractivity contribution is 9.10. The van der Waals surface area contributed by atoms with Crippen molar-refractivity contribution in [1.82, 2.24) is 9.78 Å². The number of nitrogens with zero attached hydrogens (tertiary/aromatic N) is 2. The van der Waals surface area contributed by atoms with Crippen LogP contribution in [0, 0.1) is 0 Å². The molecule has 1 aliphatic heterocycles. The van der Waals surface area contributed by atoms with Crippen LogP contribution in [-0.2, 0) is 12.6 Å². The molecule has 0 saturated heterocycles. The summed E-state index contributed by atoms with van der Waals surface area (Å²) in [5, 5.41) is 7.88. The third-order valence-corrected chi connectivity index (χ3v) is 4.71. The molecule has 4 rings (SSSR count). The number of aromatic nitrogens is 2. The summed E-state index contributed by atoms with van der Waals surface area (Å²) in [6, 6.07) is 13.0. The van der Waals surface area contributed by atoms with Crippen molar-refractivity contribution in [1.29, 1.82) is 0 Å². The highest BCUT2D eigenvalue weighted by Crippen LogP contribution is 2.37. The van der Waals surface area contributed by atoms with Crippen LogP contribution in [0.25, 0.3) is 16.9 Å². The van der Waals surface area contributed by atoms with Gasteiger partial charge in [-0.3, -0.25) is 0 Å². The molecular weight excluding hydrogens is 395 g/mol. The second kappa shape index (κ2) is 5.91. The molecule has 0 spiro atoms. The molecule has 25 heavy (non-hydrogen) atoms. The highest BCUT2D eigenvalue weighted by atomic mass is 79.9. The topological polar surface area (TPSA) is 29.9 Å². The van der Waals surface area contributed by atoms with Gasteiger partial charge in [-0.05, 0) is 42.8 Å². The number of halogens is 4. The van der Waals surface area contributed by atoms with Gasteiger partial charge in [-0.15, -0.1) is 0 Å². The van der Waals surface area contributed by atoms with Crippen LogP contribution in [0.2, 0.25) is 0 Å². The number of benzene rings is 2. The average molecular weight is 408 g/mol. The normalized spacial score (nSPS) is 13.6. The summed E-state index contributed by atoms with van der Waals surface area (Å²) in [6.45, 7) is 0.746. The molecule has 0 bridgehead atoms. The van der Waals surface area contributed by atoms with E-state index in [0.29, 0.717) is 11.3 Å². The van der Waals surface area contributed by atoms with E-state index in [2.05, 4.69) is 26.3 Å². The maximum absolute atomic E-state index is 13.0. The standard InChI is InChI=1S/C18H13BrF3N3/c19-13-4-6-14(7-5-13)25-17-15(8-9-23-17)16(24-25)11-2-1-3-12(10-11)18(20,21)22/h1-7,10,23H,8-9H2. The van der Waals surface area contributed by atoms with Crippen molar-refractivity contribution in [2.24, 2.45) is 0 Å². The Morgan fingerprint density at radius 1 is 1.08 bits per heavy atom. The Hall–Kier alpha value is -2.28. The average Bonchev–Trinajstić information content (AvgIpc) is 3.17. The summed E-state index contributed by atoms with van der Waals surface area (Å²) in [4.78, 5) is 0. The SMILES string of the molecule is FC(F)(F)c1cccc(-c2nn(-c3ccc(Br)cc3)c3c2CCN3)c1. The van der Waals surface area contributed by atoms with E-state index >= 15 is 0 Å². The number of nitrogens with one attached hydrogen (secondary N) is 1. The monoisotopic (exact) mass is 407 g/mol. The van der Waals surface area contributed by atoms with Gasteiger partial charge in [-0.1, -0.05) is 28.1 Å². The van der Waals surface area contributed by atoms with E-state index in [1.165, 1.54) is 6.07 Å². The van der Waals surface area contributed by atoms with E-state index in [9.17, 15) is 13.2 Å². The Labute approximate surface area is 150 Å². The molecule has 2 heterocycles. The first-order valence-electron chi connectivity index (χ1n) is 7.73. The molecule has 0 radical (unpaired) electrons. The zero-order valence-electron chi connectivity index (χ0n) is 12.9. The first-order chi connectivity index (χ1) is 11.9.